The molecule has 1 rings (SSSR count). The van der Waals surface area contributed by atoms with Crippen LogP contribution in [-0.4, -0.2) is 11.9 Å². The molecule has 0 saturated heterocycles. The monoisotopic (exact) mass is 215 g/mol. The first-order valence-corrected chi connectivity index (χ1v) is 3.74. The third kappa shape index (κ3) is 13.1. The van der Waals surface area contributed by atoms with Crippen molar-refractivity contribution in [1.29, 1.82) is 5.41 Å². The van der Waals surface area contributed by atoms with Gasteiger partial charge in [0, 0.05) is 6.92 Å². The zero-order valence-corrected chi connectivity index (χ0v) is 8.67. The van der Waals surface area contributed by atoms with Crippen LogP contribution in [0.5, 0.6) is 0 Å². The van der Waals surface area contributed by atoms with E-state index < -0.39 is 0 Å². The van der Waals surface area contributed by atoms with Crippen LogP contribution in [0, 0.1) is 5.41 Å². The van der Waals surface area contributed by atoms with E-state index in [4.69, 9.17) is 11.1 Å². The lowest BCUT2D eigenvalue weighted by molar-refractivity contribution is -0.117. The first kappa shape index (κ1) is 14.9. The number of halogens is 1. The molecule has 0 aliphatic rings. The molecule has 0 spiro atoms. The molecule has 0 radical (unpaired) electrons. The molecule has 1 aromatic carbocycles. The minimum absolute atomic E-state index is 0. The topological polar surface area (TPSA) is 79.0 Å². The number of nitrogens with two attached hydrogens (primary N) is 1. The van der Waals surface area contributed by atoms with Crippen LogP contribution < -0.4 is 11.1 Å². The van der Waals surface area contributed by atoms with Crippen LogP contribution in [0.2, 0.25) is 0 Å². The molecule has 0 aromatic heterocycles. The molecule has 5 heteroatoms. The van der Waals surface area contributed by atoms with E-state index in [1.165, 1.54) is 6.92 Å². The van der Waals surface area contributed by atoms with Crippen molar-refractivity contribution in [3.05, 3.63) is 36.4 Å². The van der Waals surface area contributed by atoms with Crippen LogP contribution in [-0.2, 0) is 4.79 Å². The molecule has 0 atom stereocenters. The van der Waals surface area contributed by atoms with Crippen molar-refractivity contribution in [3.8, 4) is 0 Å². The Kier molecular flexibility index (Phi) is 10.2. The van der Waals surface area contributed by atoms with Crippen molar-refractivity contribution in [2.45, 2.75) is 6.92 Å². The van der Waals surface area contributed by atoms with Gasteiger partial charge in [0.2, 0.25) is 5.91 Å². The molecule has 1 aromatic rings. The lowest BCUT2D eigenvalue weighted by Crippen LogP contribution is -2.33. The van der Waals surface area contributed by atoms with E-state index >= 15 is 0 Å². The zero-order chi connectivity index (χ0) is 10.1. The van der Waals surface area contributed by atoms with Gasteiger partial charge < -0.3 is 5.73 Å². The molecule has 14 heavy (non-hydrogen) atoms. The molecule has 0 fully saturated rings. The Morgan fingerprint density at radius 1 is 1.14 bits per heavy atom. The molecular weight excluding hydrogens is 202 g/mol. The van der Waals surface area contributed by atoms with Gasteiger partial charge >= 0.3 is 0 Å². The fourth-order valence-electron chi connectivity index (χ4n) is 0.575. The number of carbonyl (C=O) groups is 1. The number of carbonyl (C=O) groups excluding carboxylic acids is 1. The van der Waals surface area contributed by atoms with Gasteiger partial charge in [0.05, 0.1) is 0 Å². The highest BCUT2D eigenvalue weighted by molar-refractivity contribution is 5.93. The molecule has 78 valence electrons. The highest BCUT2D eigenvalue weighted by Gasteiger charge is 1.87. The van der Waals surface area contributed by atoms with E-state index in [2.05, 4.69) is 0 Å². The summed E-state index contributed by atoms with van der Waals surface area (Å²) in [6.07, 6.45) is 0. The summed E-state index contributed by atoms with van der Waals surface area (Å²) in [4.78, 5) is 9.92. The molecule has 0 heterocycles. The molecule has 0 saturated carbocycles. The van der Waals surface area contributed by atoms with E-state index in [0.717, 1.165) is 0 Å². The first-order valence-electron chi connectivity index (χ1n) is 3.74. The van der Waals surface area contributed by atoms with E-state index in [0.29, 0.717) is 0 Å². The highest BCUT2D eigenvalue weighted by Crippen LogP contribution is 1.79. The SMILES string of the molecule is CC(=O)NC(=N)N.Cl.c1ccccc1. The average molecular weight is 216 g/mol. The Morgan fingerprint density at radius 3 is 1.50 bits per heavy atom. The minimum atomic E-state index is -0.312. The van der Waals surface area contributed by atoms with Crippen molar-refractivity contribution in [2.24, 2.45) is 5.73 Å². The average Bonchev–Trinajstić information content (AvgIpc) is 2.06. The van der Waals surface area contributed by atoms with Gasteiger partial charge in [-0.25, -0.2) is 0 Å². The van der Waals surface area contributed by atoms with E-state index in [9.17, 15) is 4.79 Å². The number of benzene rings is 1. The number of rotatable bonds is 0. The van der Waals surface area contributed by atoms with Gasteiger partial charge in [0.1, 0.15) is 0 Å². The summed E-state index contributed by atoms with van der Waals surface area (Å²) in [5, 5.41) is 8.50. The molecule has 4 nitrogen and oxygen atoms in total. The lowest BCUT2D eigenvalue weighted by Gasteiger charge is -1.92. The van der Waals surface area contributed by atoms with Crippen molar-refractivity contribution in [3.63, 3.8) is 0 Å². The molecule has 1 amide bonds. The molecule has 0 aliphatic heterocycles. The smallest absolute Gasteiger partial charge is 0.223 e. The molecule has 0 unspecified atom stereocenters. The summed E-state index contributed by atoms with van der Waals surface area (Å²) in [7, 11) is 0. The maximum atomic E-state index is 9.92. The number of hydrogen-bond donors (Lipinski definition) is 3. The van der Waals surface area contributed by atoms with E-state index in [1.54, 1.807) is 0 Å². The Hall–Kier alpha value is -1.55. The standard InChI is InChI=1S/C6H6.C3H7N3O.ClH/c1-2-4-6-5-3-1;1-2(7)6-3(4)5;/h1-6H;1H3,(H4,4,5,6,7);1H. The molecule has 0 bridgehead atoms. The summed E-state index contributed by atoms with van der Waals surface area (Å²) in [5.41, 5.74) is 4.74. The number of guanidine groups is 1. The predicted molar refractivity (Wildman–Crippen MR) is 59.4 cm³/mol. The van der Waals surface area contributed by atoms with E-state index in [1.807, 2.05) is 41.7 Å². The number of amides is 1. The van der Waals surface area contributed by atoms with Crippen LogP contribution >= 0.6 is 12.4 Å². The van der Waals surface area contributed by atoms with Gasteiger partial charge in [0.25, 0.3) is 0 Å². The second kappa shape index (κ2) is 9.54. The van der Waals surface area contributed by atoms with Crippen molar-refractivity contribution in [2.75, 3.05) is 0 Å². The second-order valence-electron chi connectivity index (χ2n) is 2.25. The third-order valence-corrected chi connectivity index (χ3v) is 0.977. The summed E-state index contributed by atoms with van der Waals surface area (Å²) in [6.45, 7) is 1.29. The Labute approximate surface area is 89.4 Å². The fraction of sp³-hybridized carbons (Fsp3) is 0.111. The van der Waals surface area contributed by atoms with Gasteiger partial charge in [-0.05, 0) is 0 Å². The van der Waals surface area contributed by atoms with E-state index in [-0.39, 0.29) is 24.3 Å². The summed E-state index contributed by atoms with van der Waals surface area (Å²) < 4.78 is 0. The zero-order valence-electron chi connectivity index (χ0n) is 7.86. The maximum absolute atomic E-state index is 9.92. The molecule has 4 N–H and O–H groups in total. The van der Waals surface area contributed by atoms with Gasteiger partial charge in [0.15, 0.2) is 5.96 Å². The first-order chi connectivity index (χ1) is 6.13. The largest absolute Gasteiger partial charge is 0.370 e. The second-order valence-corrected chi connectivity index (χ2v) is 2.25. The fourth-order valence-corrected chi connectivity index (χ4v) is 0.575. The Bertz CT molecular complexity index is 225. The number of hydrogen-bond acceptors (Lipinski definition) is 2. The van der Waals surface area contributed by atoms with Crippen molar-refractivity contribution < 1.29 is 4.79 Å². The normalized spacial score (nSPS) is 7.21. The van der Waals surface area contributed by atoms with Crippen LogP contribution in [0.4, 0.5) is 0 Å². The summed E-state index contributed by atoms with van der Waals surface area (Å²) in [6, 6.07) is 12.0. The van der Waals surface area contributed by atoms with Crippen LogP contribution in [0.25, 0.3) is 0 Å². The van der Waals surface area contributed by atoms with Gasteiger partial charge in [-0.2, -0.15) is 0 Å². The summed E-state index contributed by atoms with van der Waals surface area (Å²) >= 11 is 0. The third-order valence-electron chi connectivity index (χ3n) is 0.977. The summed E-state index contributed by atoms with van der Waals surface area (Å²) in [5.74, 6) is -0.625. The molecular formula is C9H14ClN3O. The van der Waals surface area contributed by atoms with Crippen molar-refractivity contribution >= 4 is 24.3 Å². The predicted octanol–water partition coefficient (Wildman–Crippen LogP) is 1.12. The van der Waals surface area contributed by atoms with Crippen LogP contribution in [0.1, 0.15) is 6.92 Å². The van der Waals surface area contributed by atoms with Gasteiger partial charge in [-0.3, -0.25) is 15.5 Å². The van der Waals surface area contributed by atoms with Crippen molar-refractivity contribution in [1.82, 2.24) is 5.32 Å². The number of nitrogens with one attached hydrogen (secondary N) is 2. The van der Waals surface area contributed by atoms with Gasteiger partial charge in [-0.15, -0.1) is 12.4 Å². The minimum Gasteiger partial charge on any atom is -0.370 e. The quantitative estimate of drug-likeness (QED) is 0.448. The Morgan fingerprint density at radius 2 is 1.43 bits per heavy atom. The van der Waals surface area contributed by atoms with Gasteiger partial charge in [-0.1, -0.05) is 36.4 Å². The maximum Gasteiger partial charge on any atom is 0.223 e. The lowest BCUT2D eigenvalue weighted by atomic mass is 10.4. The van der Waals surface area contributed by atoms with Crippen LogP contribution in [0.15, 0.2) is 36.4 Å². The van der Waals surface area contributed by atoms with Crippen LogP contribution in [0.3, 0.4) is 0 Å². The highest BCUT2D eigenvalue weighted by atomic mass is 35.5. The molecule has 0 aliphatic carbocycles. The Balaban J connectivity index is 0.